The molecule has 0 unspecified atom stereocenters. The molecule has 0 bridgehead atoms. The predicted molar refractivity (Wildman–Crippen MR) is 33.3 cm³/mol. The first-order valence-corrected chi connectivity index (χ1v) is 3.68. The second-order valence-corrected chi connectivity index (χ2v) is 2.84. The van der Waals surface area contributed by atoms with Crippen molar-refractivity contribution in [1.82, 2.24) is 0 Å². The molecule has 0 amide bonds. The van der Waals surface area contributed by atoms with Gasteiger partial charge in [0.2, 0.25) is 0 Å². The van der Waals surface area contributed by atoms with Crippen LogP contribution in [0.15, 0.2) is 0 Å². The molecule has 52 valence electrons. The van der Waals surface area contributed by atoms with Crippen LogP contribution in [0.4, 0.5) is 0 Å². The molecule has 0 aromatic rings. The molecule has 1 aliphatic heterocycles. The van der Waals surface area contributed by atoms with Crippen LogP contribution in [0.3, 0.4) is 0 Å². The van der Waals surface area contributed by atoms with Gasteiger partial charge in [0.25, 0.3) is 0 Å². The molecular formula is C7H12O2. The number of ether oxygens (including phenoxy) is 2. The maximum absolute atomic E-state index is 5.48. The molecule has 1 heterocycles. The Hall–Kier alpha value is -0.0800. The third-order valence-electron chi connectivity index (χ3n) is 1.97. The Morgan fingerprint density at radius 2 is 2.22 bits per heavy atom. The number of epoxide rings is 1. The van der Waals surface area contributed by atoms with E-state index in [1.165, 1.54) is 19.3 Å². The first-order valence-electron chi connectivity index (χ1n) is 3.68. The van der Waals surface area contributed by atoms with E-state index < -0.39 is 0 Å². The average molecular weight is 128 g/mol. The van der Waals surface area contributed by atoms with E-state index in [0.717, 1.165) is 13.2 Å². The topological polar surface area (TPSA) is 21.8 Å². The molecule has 1 saturated heterocycles. The number of hydrogen-bond acceptors (Lipinski definition) is 2. The number of rotatable bonds is 3. The summed E-state index contributed by atoms with van der Waals surface area (Å²) in [7, 11) is 0. The Labute approximate surface area is 55.1 Å². The molecule has 2 nitrogen and oxygen atoms in total. The fourth-order valence-corrected chi connectivity index (χ4v) is 0.945. The largest absolute Gasteiger partial charge is 0.375 e. The molecule has 0 spiro atoms. The van der Waals surface area contributed by atoms with Gasteiger partial charge in [-0.1, -0.05) is 0 Å². The van der Waals surface area contributed by atoms with E-state index in [1.807, 2.05) is 0 Å². The van der Waals surface area contributed by atoms with E-state index in [2.05, 4.69) is 0 Å². The van der Waals surface area contributed by atoms with Gasteiger partial charge >= 0.3 is 0 Å². The molecule has 0 radical (unpaired) electrons. The molecule has 2 aliphatic rings. The van der Waals surface area contributed by atoms with Crippen molar-refractivity contribution < 1.29 is 9.47 Å². The van der Waals surface area contributed by atoms with Gasteiger partial charge in [0.05, 0.1) is 19.3 Å². The molecule has 2 fully saturated rings. The van der Waals surface area contributed by atoms with Crippen LogP contribution < -0.4 is 0 Å². The van der Waals surface area contributed by atoms with Gasteiger partial charge in [0.15, 0.2) is 0 Å². The van der Waals surface area contributed by atoms with Crippen molar-refractivity contribution >= 4 is 0 Å². The van der Waals surface area contributed by atoms with Crippen molar-refractivity contribution in [3.8, 4) is 0 Å². The fraction of sp³-hybridized carbons (Fsp3) is 1.00. The van der Waals surface area contributed by atoms with E-state index in [0.29, 0.717) is 12.2 Å². The molecule has 1 aliphatic carbocycles. The molecule has 2 rings (SSSR count). The van der Waals surface area contributed by atoms with Gasteiger partial charge in [-0.15, -0.1) is 0 Å². The summed E-state index contributed by atoms with van der Waals surface area (Å²) in [4.78, 5) is 0. The lowest BCUT2D eigenvalue weighted by atomic mass is 9.96. The highest BCUT2D eigenvalue weighted by Crippen LogP contribution is 2.23. The molecule has 2 heteroatoms. The minimum atomic E-state index is 0.450. The third-order valence-corrected chi connectivity index (χ3v) is 1.97. The van der Waals surface area contributed by atoms with Crippen molar-refractivity contribution in [2.75, 3.05) is 13.2 Å². The summed E-state index contributed by atoms with van der Waals surface area (Å²) in [5, 5.41) is 0. The zero-order chi connectivity index (χ0) is 6.10. The van der Waals surface area contributed by atoms with Crippen LogP contribution in [-0.2, 0) is 9.47 Å². The smallest absolute Gasteiger partial charge is 0.104 e. The van der Waals surface area contributed by atoms with Crippen molar-refractivity contribution in [3.63, 3.8) is 0 Å². The lowest BCUT2D eigenvalue weighted by Crippen LogP contribution is -2.23. The van der Waals surface area contributed by atoms with E-state index in [1.54, 1.807) is 0 Å². The zero-order valence-electron chi connectivity index (χ0n) is 5.51. The molecule has 1 atom stereocenters. The van der Waals surface area contributed by atoms with Gasteiger partial charge in [-0.05, 0) is 19.3 Å². The first kappa shape index (κ1) is 5.69. The Bertz CT molecular complexity index is 95.1. The van der Waals surface area contributed by atoms with Gasteiger partial charge < -0.3 is 9.47 Å². The molecule has 0 aromatic carbocycles. The summed E-state index contributed by atoms with van der Waals surface area (Å²) in [5.74, 6) is 0. The zero-order valence-corrected chi connectivity index (χ0v) is 5.51. The molecule has 0 aromatic heterocycles. The van der Waals surface area contributed by atoms with Crippen LogP contribution in [0, 0.1) is 0 Å². The minimum Gasteiger partial charge on any atom is -0.375 e. The van der Waals surface area contributed by atoms with Crippen molar-refractivity contribution in [3.05, 3.63) is 0 Å². The van der Waals surface area contributed by atoms with Gasteiger partial charge in [-0.2, -0.15) is 0 Å². The molecule has 9 heavy (non-hydrogen) atoms. The molecular weight excluding hydrogens is 116 g/mol. The normalized spacial score (nSPS) is 34.0. The van der Waals surface area contributed by atoms with E-state index in [9.17, 15) is 0 Å². The van der Waals surface area contributed by atoms with Crippen molar-refractivity contribution in [1.29, 1.82) is 0 Å². The monoisotopic (exact) mass is 128 g/mol. The molecule has 0 N–H and O–H groups in total. The third kappa shape index (κ3) is 1.43. The first-order chi connectivity index (χ1) is 4.45. The second-order valence-electron chi connectivity index (χ2n) is 2.84. The minimum absolute atomic E-state index is 0.450. The highest BCUT2D eigenvalue weighted by molar-refractivity contribution is 4.73. The Balaban J connectivity index is 1.55. The highest BCUT2D eigenvalue weighted by Gasteiger charge is 2.26. The summed E-state index contributed by atoms with van der Waals surface area (Å²) in [6, 6.07) is 0. The highest BCUT2D eigenvalue weighted by atomic mass is 16.6. The summed E-state index contributed by atoms with van der Waals surface area (Å²) in [5.41, 5.74) is 0. The maximum atomic E-state index is 5.48. The Morgan fingerprint density at radius 1 is 1.44 bits per heavy atom. The van der Waals surface area contributed by atoms with Crippen LogP contribution in [-0.4, -0.2) is 25.4 Å². The summed E-state index contributed by atoms with van der Waals surface area (Å²) in [6.07, 6.45) is 4.93. The van der Waals surface area contributed by atoms with E-state index >= 15 is 0 Å². The van der Waals surface area contributed by atoms with Gasteiger partial charge in [0, 0.05) is 0 Å². The van der Waals surface area contributed by atoms with Crippen LogP contribution >= 0.6 is 0 Å². The second kappa shape index (κ2) is 2.27. The van der Waals surface area contributed by atoms with Gasteiger partial charge in [-0.3, -0.25) is 0 Å². The maximum Gasteiger partial charge on any atom is 0.104 e. The summed E-state index contributed by atoms with van der Waals surface area (Å²) in [6.45, 7) is 1.76. The van der Waals surface area contributed by atoms with Crippen molar-refractivity contribution in [2.45, 2.75) is 31.5 Å². The van der Waals surface area contributed by atoms with Crippen LogP contribution in [0.5, 0.6) is 0 Å². The van der Waals surface area contributed by atoms with E-state index in [-0.39, 0.29) is 0 Å². The van der Waals surface area contributed by atoms with E-state index in [4.69, 9.17) is 9.47 Å². The summed E-state index contributed by atoms with van der Waals surface area (Å²) >= 11 is 0. The summed E-state index contributed by atoms with van der Waals surface area (Å²) < 4.78 is 10.5. The Kier molecular flexibility index (Phi) is 1.44. The van der Waals surface area contributed by atoms with Crippen LogP contribution in [0.1, 0.15) is 19.3 Å². The van der Waals surface area contributed by atoms with Gasteiger partial charge in [0.1, 0.15) is 6.10 Å². The lowest BCUT2D eigenvalue weighted by Gasteiger charge is -2.24. The van der Waals surface area contributed by atoms with Gasteiger partial charge in [-0.25, -0.2) is 0 Å². The average Bonchev–Trinajstić information content (AvgIpc) is 2.44. The lowest BCUT2D eigenvalue weighted by molar-refractivity contribution is -0.00471. The standard InChI is InChI=1S/C7H12O2/c1-2-6(3-1)8-4-7-5-9-7/h6-7H,1-5H2/t7-/m1/s1. The quantitative estimate of drug-likeness (QED) is 0.528. The van der Waals surface area contributed by atoms with Crippen LogP contribution in [0.2, 0.25) is 0 Å². The van der Waals surface area contributed by atoms with Crippen LogP contribution in [0.25, 0.3) is 0 Å². The Morgan fingerprint density at radius 3 is 2.67 bits per heavy atom. The van der Waals surface area contributed by atoms with Crippen molar-refractivity contribution in [2.24, 2.45) is 0 Å². The molecule has 1 saturated carbocycles. The SMILES string of the molecule is C1CC(OC[C@@H]2CO2)C1. The number of hydrogen-bond donors (Lipinski definition) is 0. The fourth-order valence-electron chi connectivity index (χ4n) is 0.945. The predicted octanol–water partition coefficient (Wildman–Crippen LogP) is 0.954.